The lowest BCUT2D eigenvalue weighted by atomic mass is 9.99. The Morgan fingerprint density at radius 3 is 2.69 bits per heavy atom. The number of nitrogens with zero attached hydrogens (tertiary/aromatic N) is 1. The summed E-state index contributed by atoms with van der Waals surface area (Å²) in [6, 6.07) is 9.80. The number of hydrogen-bond acceptors (Lipinski definition) is 2. The van der Waals surface area contributed by atoms with Gasteiger partial charge in [0.25, 0.3) is 0 Å². The summed E-state index contributed by atoms with van der Waals surface area (Å²) in [6.07, 6.45) is 0.504. The molecule has 0 aliphatic rings. The van der Waals surface area contributed by atoms with Gasteiger partial charge in [0.05, 0.1) is 11.1 Å². The van der Waals surface area contributed by atoms with Gasteiger partial charge in [0.2, 0.25) is 0 Å². The third-order valence-corrected chi connectivity index (χ3v) is 2.70. The summed E-state index contributed by atoms with van der Waals surface area (Å²) in [4.78, 5) is 4.31. The highest BCUT2D eigenvalue weighted by Gasteiger charge is 2.16. The van der Waals surface area contributed by atoms with Crippen LogP contribution in [0.1, 0.15) is 19.4 Å². The summed E-state index contributed by atoms with van der Waals surface area (Å²) in [5.74, 6) is 0. The van der Waals surface area contributed by atoms with Crippen molar-refractivity contribution in [1.29, 1.82) is 0 Å². The van der Waals surface area contributed by atoms with E-state index in [-0.39, 0.29) is 0 Å². The molecule has 3 heteroatoms. The Labute approximate surface area is 99.9 Å². The molecule has 2 rings (SSSR count). The number of halogens is 1. The first kappa shape index (κ1) is 11.4. The van der Waals surface area contributed by atoms with Gasteiger partial charge >= 0.3 is 0 Å². The third-order valence-electron chi connectivity index (χ3n) is 2.37. The summed E-state index contributed by atoms with van der Waals surface area (Å²) < 4.78 is 0. The van der Waals surface area contributed by atoms with E-state index in [0.29, 0.717) is 11.6 Å². The van der Waals surface area contributed by atoms with Crippen LogP contribution in [0.2, 0.25) is 5.15 Å². The zero-order valence-corrected chi connectivity index (χ0v) is 10.1. The second-order valence-corrected chi connectivity index (χ2v) is 4.98. The molecule has 0 aliphatic heterocycles. The normalized spacial score (nSPS) is 12.0. The van der Waals surface area contributed by atoms with Gasteiger partial charge in [-0.15, -0.1) is 0 Å². The van der Waals surface area contributed by atoms with E-state index < -0.39 is 5.60 Å². The van der Waals surface area contributed by atoms with Crippen LogP contribution in [0.4, 0.5) is 0 Å². The molecule has 0 amide bonds. The Bertz CT molecular complexity index is 517. The number of benzene rings is 1. The fraction of sp³-hybridized carbons (Fsp3) is 0.308. The van der Waals surface area contributed by atoms with Crippen LogP contribution >= 0.6 is 11.6 Å². The number of para-hydroxylation sites is 1. The lowest BCUT2D eigenvalue weighted by Crippen LogP contribution is -2.22. The Balaban J connectivity index is 2.50. The Hall–Kier alpha value is -1.12. The van der Waals surface area contributed by atoms with Crippen LogP contribution in [0.25, 0.3) is 10.9 Å². The number of aromatic nitrogens is 1. The molecule has 0 radical (unpaired) electrons. The molecule has 1 heterocycles. The van der Waals surface area contributed by atoms with Gasteiger partial charge in [-0.2, -0.15) is 0 Å². The van der Waals surface area contributed by atoms with Crippen molar-refractivity contribution in [1.82, 2.24) is 4.98 Å². The number of aliphatic hydroxyl groups is 1. The number of pyridine rings is 1. The van der Waals surface area contributed by atoms with E-state index in [0.717, 1.165) is 16.5 Å². The monoisotopic (exact) mass is 235 g/mol. The maximum absolute atomic E-state index is 9.78. The summed E-state index contributed by atoms with van der Waals surface area (Å²) in [5, 5.41) is 11.3. The first-order valence-electron chi connectivity index (χ1n) is 5.22. The summed E-state index contributed by atoms with van der Waals surface area (Å²) in [7, 11) is 0. The molecule has 1 aromatic carbocycles. The molecule has 0 spiro atoms. The molecule has 0 saturated carbocycles. The fourth-order valence-electron chi connectivity index (χ4n) is 1.73. The van der Waals surface area contributed by atoms with Crippen LogP contribution in [-0.2, 0) is 6.42 Å². The SMILES string of the molecule is CC(C)(O)Cc1cc2ccccc2nc1Cl. The topological polar surface area (TPSA) is 33.1 Å². The number of fused-ring (bicyclic) bond motifs is 1. The Morgan fingerprint density at radius 1 is 1.31 bits per heavy atom. The second kappa shape index (κ2) is 4.04. The highest BCUT2D eigenvalue weighted by molar-refractivity contribution is 6.30. The first-order chi connectivity index (χ1) is 7.46. The van der Waals surface area contributed by atoms with Crippen molar-refractivity contribution in [2.45, 2.75) is 25.9 Å². The first-order valence-corrected chi connectivity index (χ1v) is 5.60. The predicted octanol–water partition coefficient (Wildman–Crippen LogP) is 3.20. The molecule has 0 fully saturated rings. The predicted molar refractivity (Wildman–Crippen MR) is 66.8 cm³/mol. The molecule has 0 unspecified atom stereocenters. The minimum Gasteiger partial charge on any atom is -0.390 e. The van der Waals surface area contributed by atoms with Crippen molar-refractivity contribution in [2.75, 3.05) is 0 Å². The van der Waals surface area contributed by atoms with E-state index in [1.165, 1.54) is 0 Å². The molecular weight excluding hydrogens is 222 g/mol. The summed E-state index contributed by atoms with van der Waals surface area (Å²) in [6.45, 7) is 3.52. The van der Waals surface area contributed by atoms with Crippen LogP contribution in [0.5, 0.6) is 0 Å². The minimum absolute atomic E-state index is 0.473. The van der Waals surface area contributed by atoms with Gasteiger partial charge < -0.3 is 5.11 Å². The van der Waals surface area contributed by atoms with Crippen molar-refractivity contribution >= 4 is 22.5 Å². The van der Waals surface area contributed by atoms with Crippen LogP contribution in [-0.4, -0.2) is 15.7 Å². The molecule has 0 saturated heterocycles. The standard InChI is InChI=1S/C13H14ClNO/c1-13(2,16)8-10-7-9-5-3-4-6-11(9)15-12(10)14/h3-7,16H,8H2,1-2H3. The molecule has 1 aromatic heterocycles. The van der Waals surface area contributed by atoms with E-state index in [1.54, 1.807) is 13.8 Å². The van der Waals surface area contributed by atoms with Crippen LogP contribution in [0.15, 0.2) is 30.3 Å². The molecule has 1 N–H and O–H groups in total. The average Bonchev–Trinajstić information content (AvgIpc) is 2.17. The van der Waals surface area contributed by atoms with E-state index >= 15 is 0 Å². The van der Waals surface area contributed by atoms with Crippen molar-refractivity contribution in [3.8, 4) is 0 Å². The largest absolute Gasteiger partial charge is 0.390 e. The lowest BCUT2D eigenvalue weighted by Gasteiger charge is -2.17. The highest BCUT2D eigenvalue weighted by atomic mass is 35.5. The molecule has 2 aromatic rings. The molecule has 84 valence electrons. The zero-order valence-electron chi connectivity index (χ0n) is 9.37. The average molecular weight is 236 g/mol. The summed E-state index contributed by atoms with van der Waals surface area (Å²) >= 11 is 6.09. The molecule has 0 bridgehead atoms. The van der Waals surface area contributed by atoms with Crippen molar-refractivity contribution in [2.24, 2.45) is 0 Å². The van der Waals surface area contributed by atoms with Crippen LogP contribution in [0.3, 0.4) is 0 Å². The van der Waals surface area contributed by atoms with Gasteiger partial charge in [0.1, 0.15) is 5.15 Å². The third kappa shape index (κ3) is 2.52. The van der Waals surface area contributed by atoms with Gasteiger partial charge in [-0.3, -0.25) is 0 Å². The smallest absolute Gasteiger partial charge is 0.133 e. The van der Waals surface area contributed by atoms with Gasteiger partial charge in [0.15, 0.2) is 0 Å². The van der Waals surface area contributed by atoms with Crippen molar-refractivity contribution < 1.29 is 5.11 Å². The van der Waals surface area contributed by atoms with E-state index in [4.69, 9.17) is 11.6 Å². The maximum atomic E-state index is 9.78. The number of rotatable bonds is 2. The van der Waals surface area contributed by atoms with Crippen molar-refractivity contribution in [3.05, 3.63) is 41.0 Å². The molecule has 0 atom stereocenters. The van der Waals surface area contributed by atoms with E-state index in [1.807, 2.05) is 30.3 Å². The lowest BCUT2D eigenvalue weighted by molar-refractivity contribution is 0.0810. The van der Waals surface area contributed by atoms with E-state index in [9.17, 15) is 5.11 Å². The van der Waals surface area contributed by atoms with Gasteiger partial charge in [-0.1, -0.05) is 29.8 Å². The van der Waals surface area contributed by atoms with Gasteiger partial charge in [-0.05, 0) is 31.5 Å². The van der Waals surface area contributed by atoms with Gasteiger partial charge in [-0.25, -0.2) is 4.98 Å². The Morgan fingerprint density at radius 2 is 2.00 bits per heavy atom. The summed E-state index contributed by atoms with van der Waals surface area (Å²) in [5.41, 5.74) is 0.994. The van der Waals surface area contributed by atoms with E-state index in [2.05, 4.69) is 4.98 Å². The minimum atomic E-state index is -0.770. The highest BCUT2D eigenvalue weighted by Crippen LogP contribution is 2.23. The van der Waals surface area contributed by atoms with Crippen LogP contribution < -0.4 is 0 Å². The maximum Gasteiger partial charge on any atom is 0.133 e. The second-order valence-electron chi connectivity index (χ2n) is 4.62. The van der Waals surface area contributed by atoms with Crippen molar-refractivity contribution in [3.63, 3.8) is 0 Å². The molecular formula is C13H14ClNO. The zero-order chi connectivity index (χ0) is 11.8. The number of hydrogen-bond donors (Lipinski definition) is 1. The van der Waals surface area contributed by atoms with Crippen LogP contribution in [0, 0.1) is 0 Å². The fourth-order valence-corrected chi connectivity index (χ4v) is 1.94. The molecule has 16 heavy (non-hydrogen) atoms. The quantitative estimate of drug-likeness (QED) is 0.811. The molecule has 0 aliphatic carbocycles. The van der Waals surface area contributed by atoms with Gasteiger partial charge in [0, 0.05) is 11.8 Å². The molecule has 2 nitrogen and oxygen atoms in total. The Kier molecular flexibility index (Phi) is 2.87.